The van der Waals surface area contributed by atoms with Crippen LogP contribution in [0.1, 0.15) is 26.4 Å². The zero-order chi connectivity index (χ0) is 31.5. The van der Waals surface area contributed by atoms with Gasteiger partial charge in [-0.2, -0.15) is 0 Å². The highest BCUT2D eigenvalue weighted by atomic mass is 35.5. The second kappa shape index (κ2) is 12.6. The molecule has 1 heterocycles. The average Bonchev–Trinajstić information content (AvgIpc) is 3.21. The second-order valence-electron chi connectivity index (χ2n) is 9.10. The van der Waals surface area contributed by atoms with Crippen molar-refractivity contribution >= 4 is 39.1 Å². The predicted octanol–water partition coefficient (Wildman–Crippen LogP) is 4.00. The number of aromatic nitrogens is 2. The Kier molecular flexibility index (Phi) is 9.16. The molecule has 0 bridgehead atoms. The summed E-state index contributed by atoms with van der Waals surface area (Å²) in [4.78, 5) is 38.6. The van der Waals surface area contributed by atoms with E-state index in [2.05, 4.69) is 4.72 Å². The van der Waals surface area contributed by atoms with Gasteiger partial charge in [0.1, 0.15) is 5.69 Å². The molecule has 12 nitrogen and oxygen atoms in total. The van der Waals surface area contributed by atoms with Crippen LogP contribution in [0.3, 0.4) is 0 Å². The highest BCUT2D eigenvalue weighted by molar-refractivity contribution is 7.92. The zero-order valence-electron chi connectivity index (χ0n) is 23.8. The molecule has 0 amide bonds. The lowest BCUT2D eigenvalue weighted by Crippen LogP contribution is -2.23. The minimum Gasteiger partial charge on any atom is -0.493 e. The number of Topliss-reactive ketones (excluding diaryl/α,β-unsaturated/α-hetero) is 1. The molecule has 0 unspecified atom stereocenters. The Labute approximate surface area is 252 Å². The van der Waals surface area contributed by atoms with Gasteiger partial charge in [0.05, 0.1) is 48.2 Å². The molecule has 0 saturated heterocycles. The van der Waals surface area contributed by atoms with E-state index in [1.165, 1.54) is 55.0 Å². The maximum atomic E-state index is 13.3. The van der Waals surface area contributed by atoms with Gasteiger partial charge in [-0.1, -0.05) is 29.8 Å². The van der Waals surface area contributed by atoms with Crippen LogP contribution >= 0.6 is 11.6 Å². The van der Waals surface area contributed by atoms with Crippen molar-refractivity contribution in [2.75, 3.05) is 32.7 Å². The van der Waals surface area contributed by atoms with Gasteiger partial charge in [0.2, 0.25) is 11.5 Å². The van der Waals surface area contributed by atoms with Crippen molar-refractivity contribution in [3.05, 3.63) is 92.9 Å². The quantitative estimate of drug-likeness (QED) is 0.192. The summed E-state index contributed by atoms with van der Waals surface area (Å²) >= 11 is 6.18. The first-order valence-electron chi connectivity index (χ1n) is 12.6. The molecule has 0 atom stereocenters. The number of nitrogens with zero attached hydrogens (tertiary/aromatic N) is 2. The molecule has 3 aromatic carbocycles. The van der Waals surface area contributed by atoms with Crippen molar-refractivity contribution in [3.8, 4) is 22.9 Å². The van der Waals surface area contributed by atoms with Gasteiger partial charge in [-0.25, -0.2) is 17.9 Å². The van der Waals surface area contributed by atoms with Crippen LogP contribution in [-0.2, 0) is 21.8 Å². The van der Waals surface area contributed by atoms with E-state index in [9.17, 15) is 22.8 Å². The standard InChI is InChI=1S/C29H28ClN3O9S/c1-17-26(28(35)33(32(17)2)19-9-7-6-8-10-19)31-43(37,38)20-11-12-22(30)21(15-20)29(36)42-16-23(34)18-13-24(39-3)27(41-5)25(14-18)40-4/h6-15,31H,16H2,1-5H3. The van der Waals surface area contributed by atoms with Gasteiger partial charge >= 0.3 is 5.97 Å². The number of carbonyl (C=O) groups excluding carboxylic acids is 2. The Hall–Kier alpha value is -4.75. The molecule has 0 aliphatic heterocycles. The molecule has 1 N–H and O–H groups in total. The number of ketones is 1. The molecule has 0 saturated carbocycles. The Bertz CT molecular complexity index is 1840. The third-order valence-electron chi connectivity index (χ3n) is 6.58. The van der Waals surface area contributed by atoms with Crippen LogP contribution in [0.2, 0.25) is 5.02 Å². The van der Waals surface area contributed by atoms with E-state index in [0.29, 0.717) is 11.4 Å². The number of esters is 1. The second-order valence-corrected chi connectivity index (χ2v) is 11.2. The average molecular weight is 630 g/mol. The predicted molar refractivity (Wildman–Crippen MR) is 159 cm³/mol. The van der Waals surface area contributed by atoms with E-state index in [1.807, 2.05) is 0 Å². The number of sulfonamides is 1. The van der Waals surface area contributed by atoms with Gasteiger partial charge in [0.25, 0.3) is 15.6 Å². The SMILES string of the molecule is COc1cc(C(=O)COC(=O)c2cc(S(=O)(=O)Nc3c(C)n(C)n(-c4ccccc4)c3=O)ccc2Cl)cc(OC)c1OC. The summed E-state index contributed by atoms with van der Waals surface area (Å²) < 4.78 is 52.7. The van der Waals surface area contributed by atoms with Gasteiger partial charge in [-0.05, 0) is 49.4 Å². The summed E-state index contributed by atoms with van der Waals surface area (Å²) in [5.74, 6) is -0.890. The van der Waals surface area contributed by atoms with E-state index in [0.717, 1.165) is 6.07 Å². The molecule has 0 aliphatic carbocycles. The minimum atomic E-state index is -4.36. The number of hydrogen-bond acceptors (Lipinski definition) is 9. The van der Waals surface area contributed by atoms with E-state index in [1.54, 1.807) is 44.3 Å². The lowest BCUT2D eigenvalue weighted by molar-refractivity contribution is 0.0474. The normalized spacial score (nSPS) is 11.1. The maximum Gasteiger partial charge on any atom is 0.340 e. The van der Waals surface area contributed by atoms with Crippen molar-refractivity contribution in [3.63, 3.8) is 0 Å². The smallest absolute Gasteiger partial charge is 0.340 e. The van der Waals surface area contributed by atoms with Gasteiger partial charge in [-0.3, -0.25) is 19.0 Å². The summed E-state index contributed by atoms with van der Waals surface area (Å²) in [6.07, 6.45) is 0. The van der Waals surface area contributed by atoms with Crippen LogP contribution in [0.5, 0.6) is 17.2 Å². The van der Waals surface area contributed by atoms with Crippen LogP contribution < -0.4 is 24.5 Å². The number of benzene rings is 3. The first-order chi connectivity index (χ1) is 20.4. The number of anilines is 1. The lowest BCUT2D eigenvalue weighted by Gasteiger charge is -2.14. The molecule has 0 aliphatic rings. The highest BCUT2D eigenvalue weighted by Gasteiger charge is 2.25. The summed E-state index contributed by atoms with van der Waals surface area (Å²) in [7, 11) is 1.46. The number of hydrogen-bond donors (Lipinski definition) is 1. The first-order valence-corrected chi connectivity index (χ1v) is 14.5. The van der Waals surface area contributed by atoms with E-state index >= 15 is 0 Å². The molecule has 0 spiro atoms. The maximum absolute atomic E-state index is 13.3. The number of methoxy groups -OCH3 is 3. The van der Waals surface area contributed by atoms with E-state index in [4.69, 9.17) is 30.5 Å². The Balaban J connectivity index is 1.56. The van der Waals surface area contributed by atoms with Crippen molar-refractivity contribution in [2.45, 2.75) is 11.8 Å². The molecule has 0 radical (unpaired) electrons. The fraction of sp³-hybridized carbons (Fsp3) is 0.207. The summed E-state index contributed by atoms with van der Waals surface area (Å²) in [6.45, 7) is 0.902. The van der Waals surface area contributed by atoms with Gasteiger partial charge in [0.15, 0.2) is 18.1 Å². The van der Waals surface area contributed by atoms with Crippen LogP contribution in [0, 0.1) is 6.92 Å². The van der Waals surface area contributed by atoms with Crippen LogP contribution in [0.4, 0.5) is 5.69 Å². The van der Waals surface area contributed by atoms with Gasteiger partial charge in [0, 0.05) is 12.6 Å². The third kappa shape index (κ3) is 6.22. The minimum absolute atomic E-state index is 0.105. The number of ether oxygens (including phenoxy) is 4. The molecule has 4 aromatic rings. The summed E-state index contributed by atoms with van der Waals surface area (Å²) in [6, 6.07) is 14.9. The molecule has 14 heteroatoms. The fourth-order valence-corrected chi connectivity index (χ4v) is 5.58. The topological polar surface area (TPSA) is 144 Å². The Morgan fingerprint density at radius 1 is 0.930 bits per heavy atom. The van der Waals surface area contributed by atoms with E-state index < -0.39 is 33.9 Å². The first kappa shape index (κ1) is 31.2. The molecular weight excluding hydrogens is 602 g/mol. The van der Waals surface area contributed by atoms with Crippen molar-refractivity contribution in [1.82, 2.24) is 9.36 Å². The van der Waals surface area contributed by atoms with Crippen molar-refractivity contribution < 1.29 is 37.0 Å². The number of para-hydroxylation sites is 1. The number of halogens is 1. The third-order valence-corrected chi connectivity index (χ3v) is 8.26. The van der Waals surface area contributed by atoms with Crippen LogP contribution in [0.15, 0.2) is 70.4 Å². The lowest BCUT2D eigenvalue weighted by atomic mass is 10.1. The zero-order valence-corrected chi connectivity index (χ0v) is 25.4. The fourth-order valence-electron chi connectivity index (χ4n) is 4.24. The van der Waals surface area contributed by atoms with Crippen molar-refractivity contribution in [2.24, 2.45) is 7.05 Å². The Morgan fingerprint density at radius 2 is 1.56 bits per heavy atom. The van der Waals surface area contributed by atoms with Crippen LogP contribution in [0.25, 0.3) is 5.69 Å². The van der Waals surface area contributed by atoms with Gasteiger partial charge < -0.3 is 18.9 Å². The molecule has 43 heavy (non-hydrogen) atoms. The molecule has 1 aromatic heterocycles. The largest absolute Gasteiger partial charge is 0.493 e. The molecule has 0 fully saturated rings. The number of carbonyl (C=O) groups is 2. The molecule has 4 rings (SSSR count). The van der Waals surface area contributed by atoms with Crippen molar-refractivity contribution in [1.29, 1.82) is 0 Å². The Morgan fingerprint density at radius 3 is 2.14 bits per heavy atom. The number of rotatable bonds is 11. The molecular formula is C29H28ClN3O9S. The van der Waals surface area contributed by atoms with Crippen LogP contribution in [-0.4, -0.2) is 57.5 Å². The summed E-state index contributed by atoms with van der Waals surface area (Å²) in [5.41, 5.74) is -0.0328. The molecule has 226 valence electrons. The van der Waals surface area contributed by atoms with Gasteiger partial charge in [-0.15, -0.1) is 0 Å². The highest BCUT2D eigenvalue weighted by Crippen LogP contribution is 2.38. The monoisotopic (exact) mass is 629 g/mol. The number of nitrogens with one attached hydrogen (secondary N) is 1. The summed E-state index contributed by atoms with van der Waals surface area (Å²) in [5, 5.41) is -0.105. The van der Waals surface area contributed by atoms with E-state index in [-0.39, 0.29) is 44.0 Å².